The van der Waals surface area contributed by atoms with E-state index in [1.165, 1.54) is 6.92 Å². The van der Waals surface area contributed by atoms with Crippen molar-refractivity contribution in [2.24, 2.45) is 0 Å². The van der Waals surface area contributed by atoms with Crippen molar-refractivity contribution in [1.29, 1.82) is 0 Å². The Balaban J connectivity index is 1.98. The van der Waals surface area contributed by atoms with E-state index in [1.54, 1.807) is 17.3 Å². The molecule has 3 aromatic rings. The Morgan fingerprint density at radius 3 is 2.39 bits per heavy atom. The summed E-state index contributed by atoms with van der Waals surface area (Å²) in [6.07, 6.45) is 3.49. The minimum atomic E-state index is -0.125. The molecular weight excluding hydrogens is 350 g/mol. The maximum absolute atomic E-state index is 13.4. The Hall–Kier alpha value is -3.21. The number of aryl methyl sites for hydroxylation is 2. The number of rotatable bonds is 6. The Morgan fingerprint density at radius 2 is 1.79 bits per heavy atom. The van der Waals surface area contributed by atoms with Crippen molar-refractivity contribution < 1.29 is 9.59 Å². The topological polar surface area (TPSA) is 66.1 Å². The zero-order valence-electron chi connectivity index (χ0n) is 16.7. The average molecular weight is 375 g/mol. The number of carbonyl (C=O) groups excluding carboxylic acids is 2. The van der Waals surface area contributed by atoms with Gasteiger partial charge in [-0.1, -0.05) is 30.3 Å². The van der Waals surface area contributed by atoms with Crippen LogP contribution in [-0.4, -0.2) is 26.6 Å². The first kappa shape index (κ1) is 19.5. The number of hydrogen-bond donors (Lipinski definition) is 1. The molecule has 1 amide bonds. The van der Waals surface area contributed by atoms with Crippen molar-refractivity contribution in [2.75, 3.05) is 0 Å². The molecule has 2 heterocycles. The second kappa shape index (κ2) is 8.21. The van der Waals surface area contributed by atoms with Crippen molar-refractivity contribution >= 4 is 11.7 Å². The van der Waals surface area contributed by atoms with Crippen LogP contribution in [0, 0.1) is 20.8 Å². The Morgan fingerprint density at radius 1 is 1.04 bits per heavy atom. The molecule has 0 spiro atoms. The highest BCUT2D eigenvalue weighted by molar-refractivity contribution is 6.02. The molecule has 0 fully saturated rings. The summed E-state index contributed by atoms with van der Waals surface area (Å²) >= 11 is 0. The summed E-state index contributed by atoms with van der Waals surface area (Å²) in [6, 6.07) is 11.9. The highest BCUT2D eigenvalue weighted by Crippen LogP contribution is 2.22. The summed E-state index contributed by atoms with van der Waals surface area (Å²) in [5, 5.41) is 0. The first-order chi connectivity index (χ1) is 13.4. The number of benzene rings is 1. The molecule has 0 unspecified atom stereocenters. The molecule has 0 aliphatic rings. The molecule has 1 N–H and O–H groups in total. The van der Waals surface area contributed by atoms with Crippen LogP contribution >= 0.6 is 0 Å². The third kappa shape index (κ3) is 4.03. The van der Waals surface area contributed by atoms with Gasteiger partial charge < -0.3 is 9.88 Å². The van der Waals surface area contributed by atoms with E-state index in [0.717, 1.165) is 22.4 Å². The lowest BCUT2D eigenvalue weighted by Gasteiger charge is -2.24. The number of amides is 1. The minimum absolute atomic E-state index is 0.0389. The van der Waals surface area contributed by atoms with Gasteiger partial charge in [-0.15, -0.1) is 0 Å². The van der Waals surface area contributed by atoms with E-state index in [2.05, 4.69) is 9.97 Å². The van der Waals surface area contributed by atoms with Gasteiger partial charge in [0.05, 0.1) is 0 Å². The number of aromatic nitrogens is 2. The number of Topliss-reactive ketones (excluding diaryl/α,β-unsaturated/α-hetero) is 1. The van der Waals surface area contributed by atoms with Crippen molar-refractivity contribution in [3.05, 3.63) is 88.0 Å². The normalized spacial score (nSPS) is 10.7. The van der Waals surface area contributed by atoms with Crippen molar-refractivity contribution in [1.82, 2.24) is 14.9 Å². The lowest BCUT2D eigenvalue weighted by atomic mass is 10.1. The van der Waals surface area contributed by atoms with E-state index < -0.39 is 0 Å². The summed E-state index contributed by atoms with van der Waals surface area (Å²) in [7, 11) is 0. The predicted octanol–water partition coefficient (Wildman–Crippen LogP) is 4.38. The predicted molar refractivity (Wildman–Crippen MR) is 109 cm³/mol. The number of carbonyl (C=O) groups is 2. The van der Waals surface area contributed by atoms with Crippen LogP contribution < -0.4 is 0 Å². The maximum atomic E-state index is 13.4. The van der Waals surface area contributed by atoms with Crippen LogP contribution in [-0.2, 0) is 13.1 Å². The molecule has 144 valence electrons. The highest BCUT2D eigenvalue weighted by atomic mass is 16.2. The van der Waals surface area contributed by atoms with Gasteiger partial charge in [-0.25, -0.2) is 0 Å². The summed E-state index contributed by atoms with van der Waals surface area (Å²) in [4.78, 5) is 34.5. The molecule has 0 atom stereocenters. The zero-order chi connectivity index (χ0) is 20.3. The monoisotopic (exact) mass is 375 g/mol. The molecule has 0 aliphatic carbocycles. The fourth-order valence-corrected chi connectivity index (χ4v) is 3.55. The SMILES string of the molecule is CC(=O)c1c(C)[nH]c(C(=O)N(Cc2cccnc2)Cc2ccccc2C)c1C. The molecule has 0 radical (unpaired) electrons. The molecule has 5 heteroatoms. The van der Waals surface area contributed by atoms with Gasteiger partial charge in [0.1, 0.15) is 5.69 Å². The lowest BCUT2D eigenvalue weighted by molar-refractivity contribution is 0.0723. The summed E-state index contributed by atoms with van der Waals surface area (Å²) in [5.74, 6) is -0.164. The molecule has 0 saturated heterocycles. The fourth-order valence-electron chi connectivity index (χ4n) is 3.55. The fraction of sp³-hybridized carbons (Fsp3) is 0.261. The number of H-pyrrole nitrogens is 1. The summed E-state index contributed by atoms with van der Waals surface area (Å²) < 4.78 is 0. The van der Waals surface area contributed by atoms with Crippen molar-refractivity contribution in [3.8, 4) is 0 Å². The molecular formula is C23H25N3O2. The van der Waals surface area contributed by atoms with Crippen LogP contribution in [0.2, 0.25) is 0 Å². The van der Waals surface area contributed by atoms with E-state index in [1.807, 2.05) is 57.2 Å². The van der Waals surface area contributed by atoms with E-state index in [-0.39, 0.29) is 11.7 Å². The van der Waals surface area contributed by atoms with Gasteiger partial charge in [0, 0.05) is 36.7 Å². The molecule has 3 rings (SSSR count). The first-order valence-corrected chi connectivity index (χ1v) is 9.31. The largest absolute Gasteiger partial charge is 0.354 e. The van der Waals surface area contributed by atoms with Gasteiger partial charge in [-0.3, -0.25) is 14.6 Å². The van der Waals surface area contributed by atoms with E-state index in [4.69, 9.17) is 0 Å². The molecule has 0 aliphatic heterocycles. The van der Waals surface area contributed by atoms with E-state index >= 15 is 0 Å². The lowest BCUT2D eigenvalue weighted by Crippen LogP contribution is -2.31. The third-order valence-corrected chi connectivity index (χ3v) is 5.01. The smallest absolute Gasteiger partial charge is 0.271 e. The van der Waals surface area contributed by atoms with Gasteiger partial charge >= 0.3 is 0 Å². The first-order valence-electron chi connectivity index (χ1n) is 9.31. The van der Waals surface area contributed by atoms with E-state index in [9.17, 15) is 9.59 Å². The van der Waals surface area contributed by atoms with Gasteiger partial charge in [0.15, 0.2) is 5.78 Å². The van der Waals surface area contributed by atoms with Crippen LogP contribution in [0.5, 0.6) is 0 Å². The maximum Gasteiger partial charge on any atom is 0.271 e. The molecule has 5 nitrogen and oxygen atoms in total. The second-order valence-corrected chi connectivity index (χ2v) is 7.13. The summed E-state index contributed by atoms with van der Waals surface area (Å²) in [5.41, 5.74) is 5.68. The van der Waals surface area contributed by atoms with Crippen LogP contribution in [0.25, 0.3) is 0 Å². The third-order valence-electron chi connectivity index (χ3n) is 5.01. The molecule has 0 saturated carbocycles. The number of pyridine rings is 1. The number of aromatic amines is 1. The van der Waals surface area contributed by atoms with Gasteiger partial charge in [0.2, 0.25) is 0 Å². The minimum Gasteiger partial charge on any atom is -0.354 e. The number of ketones is 1. The molecule has 28 heavy (non-hydrogen) atoms. The van der Waals surface area contributed by atoms with E-state index in [0.29, 0.717) is 29.9 Å². The molecule has 0 bridgehead atoms. The Labute approximate surface area is 165 Å². The van der Waals surface area contributed by atoms with Crippen LogP contribution in [0.4, 0.5) is 0 Å². The number of nitrogens with zero attached hydrogens (tertiary/aromatic N) is 2. The van der Waals surface area contributed by atoms with Crippen molar-refractivity contribution in [3.63, 3.8) is 0 Å². The Bertz CT molecular complexity index is 1010. The van der Waals surface area contributed by atoms with Crippen molar-refractivity contribution in [2.45, 2.75) is 40.8 Å². The highest BCUT2D eigenvalue weighted by Gasteiger charge is 2.24. The Kier molecular flexibility index (Phi) is 5.73. The van der Waals surface area contributed by atoms with Crippen LogP contribution in [0.1, 0.15) is 55.7 Å². The average Bonchev–Trinajstić information content (AvgIpc) is 2.97. The zero-order valence-corrected chi connectivity index (χ0v) is 16.7. The quantitative estimate of drug-likeness (QED) is 0.650. The molecule has 1 aromatic carbocycles. The van der Waals surface area contributed by atoms with Crippen LogP contribution in [0.15, 0.2) is 48.8 Å². The standard InChI is InChI=1S/C23H25N3O2/c1-15-8-5-6-10-20(15)14-26(13-19-9-7-11-24-12-19)23(28)22-16(2)21(18(4)27)17(3)25-22/h5-12,25H,13-14H2,1-4H3. The van der Waals surface area contributed by atoms with Gasteiger partial charge in [-0.05, 0) is 56.0 Å². The van der Waals surface area contributed by atoms with Crippen LogP contribution in [0.3, 0.4) is 0 Å². The summed E-state index contributed by atoms with van der Waals surface area (Å²) in [6.45, 7) is 8.14. The van der Waals surface area contributed by atoms with Gasteiger partial charge in [-0.2, -0.15) is 0 Å². The molecule has 2 aromatic heterocycles. The number of nitrogens with one attached hydrogen (secondary N) is 1. The number of hydrogen-bond acceptors (Lipinski definition) is 3. The second-order valence-electron chi connectivity index (χ2n) is 7.13. The van der Waals surface area contributed by atoms with Gasteiger partial charge in [0.25, 0.3) is 5.91 Å².